The lowest BCUT2D eigenvalue weighted by Crippen LogP contribution is -2.46. The highest BCUT2D eigenvalue weighted by molar-refractivity contribution is 7.45. The Morgan fingerprint density at radius 2 is 0.775 bits per heavy atom. The summed E-state index contributed by atoms with van der Waals surface area (Å²) >= 11 is 0. The zero-order valence-electron chi connectivity index (χ0n) is 48.5. The first-order chi connectivity index (χ1) is 34.5. The second kappa shape index (κ2) is 54.0. The third-order valence-electron chi connectivity index (χ3n) is 14.8. The van der Waals surface area contributed by atoms with Crippen molar-refractivity contribution >= 4 is 13.7 Å². The van der Waals surface area contributed by atoms with Gasteiger partial charge in [-0.2, -0.15) is 0 Å². The lowest BCUT2D eigenvalue weighted by Gasteiger charge is -2.30. The first kappa shape index (κ1) is 70.2. The van der Waals surface area contributed by atoms with Crippen LogP contribution in [0.3, 0.4) is 0 Å². The van der Waals surface area contributed by atoms with Crippen molar-refractivity contribution in [2.24, 2.45) is 0 Å². The van der Waals surface area contributed by atoms with E-state index < -0.39 is 20.0 Å². The van der Waals surface area contributed by atoms with Gasteiger partial charge in [0.2, 0.25) is 5.91 Å². The Kier molecular flexibility index (Phi) is 53.5. The summed E-state index contributed by atoms with van der Waals surface area (Å²) in [6.07, 6.45) is 66.9. The number of carbonyl (C=O) groups is 1. The predicted molar refractivity (Wildman–Crippen MR) is 307 cm³/mol. The average molecular weight is 1030 g/mol. The van der Waals surface area contributed by atoms with Gasteiger partial charge >= 0.3 is 0 Å². The maximum Gasteiger partial charge on any atom is 0.268 e. The number of allylic oxidation sites excluding steroid dienone is 2. The Bertz CT molecular complexity index is 1160. The maximum absolute atomic E-state index is 13.0. The quantitative estimate of drug-likeness (QED) is 0.0272. The molecule has 0 fully saturated rings. The zero-order valence-corrected chi connectivity index (χ0v) is 49.4. The number of rotatable bonds is 59. The van der Waals surface area contributed by atoms with E-state index in [4.69, 9.17) is 9.05 Å². The molecule has 0 radical (unpaired) electrons. The van der Waals surface area contributed by atoms with E-state index in [-0.39, 0.29) is 19.1 Å². The van der Waals surface area contributed by atoms with Gasteiger partial charge in [-0.05, 0) is 38.5 Å². The molecule has 0 aliphatic rings. The second-order valence-electron chi connectivity index (χ2n) is 23.1. The van der Waals surface area contributed by atoms with Crippen LogP contribution in [0.5, 0.6) is 0 Å². The number of aliphatic hydroxyl groups excluding tert-OH is 1. The lowest BCUT2D eigenvalue weighted by atomic mass is 10.0. The number of likely N-dealkylation sites (N-methyl/N-ethyl adjacent to an activating group) is 1. The molecule has 0 aromatic heterocycles. The first-order valence-corrected chi connectivity index (χ1v) is 33.0. The molecule has 0 saturated carbocycles. The molecule has 0 heterocycles. The minimum absolute atomic E-state index is 0.0154. The number of phosphoric acid groups is 1. The Labute approximate surface area is 443 Å². The molecule has 1 amide bonds. The molecule has 0 rings (SSSR count). The number of quaternary nitrogens is 1. The van der Waals surface area contributed by atoms with Gasteiger partial charge in [0.25, 0.3) is 7.82 Å². The van der Waals surface area contributed by atoms with Gasteiger partial charge in [0.1, 0.15) is 13.2 Å². The summed E-state index contributed by atoms with van der Waals surface area (Å²) in [7, 11) is 1.32. The minimum atomic E-state index is -4.57. The molecule has 424 valence electrons. The van der Waals surface area contributed by atoms with Gasteiger partial charge in [-0.25, -0.2) is 0 Å². The standard InChI is InChI=1S/C62H125N2O6P/c1-6-8-10-12-14-16-18-20-22-24-26-28-30-31-32-33-34-36-38-40-42-44-46-48-50-52-54-56-62(66)63-60(59-70-71(67,68)69-58-57-64(3,4)5)61(65)55-53-51-49-47-45-43-41-39-37-35-29-27-25-23-21-19-17-15-13-11-9-7-2/h24,26,60-61,65H,6-23,25,27-59H2,1-5H3,(H-,63,66,67,68)/b26-24-. The summed E-state index contributed by atoms with van der Waals surface area (Å²) in [6.45, 7) is 4.78. The van der Waals surface area contributed by atoms with Gasteiger partial charge in [-0.1, -0.05) is 296 Å². The van der Waals surface area contributed by atoms with Gasteiger partial charge in [0.15, 0.2) is 0 Å². The van der Waals surface area contributed by atoms with E-state index in [0.29, 0.717) is 23.9 Å². The summed E-state index contributed by atoms with van der Waals surface area (Å²) in [5, 5.41) is 14.1. The molecular formula is C62H125N2O6P. The number of phosphoric ester groups is 1. The van der Waals surface area contributed by atoms with Crippen molar-refractivity contribution in [2.45, 2.75) is 341 Å². The van der Waals surface area contributed by atoms with Crippen LogP contribution in [0.25, 0.3) is 0 Å². The number of aliphatic hydroxyl groups is 1. The average Bonchev–Trinajstić information content (AvgIpc) is 3.33. The van der Waals surface area contributed by atoms with Crippen LogP contribution in [0.15, 0.2) is 12.2 Å². The molecule has 9 heteroatoms. The summed E-state index contributed by atoms with van der Waals surface area (Å²) in [6, 6.07) is -0.798. The van der Waals surface area contributed by atoms with Gasteiger partial charge in [-0.3, -0.25) is 9.36 Å². The Morgan fingerprint density at radius 1 is 0.479 bits per heavy atom. The number of nitrogens with zero attached hydrogens (tertiary/aromatic N) is 1. The van der Waals surface area contributed by atoms with Gasteiger partial charge in [0, 0.05) is 6.42 Å². The molecule has 71 heavy (non-hydrogen) atoms. The van der Waals surface area contributed by atoms with Gasteiger partial charge in [-0.15, -0.1) is 0 Å². The van der Waals surface area contributed by atoms with Crippen LogP contribution < -0.4 is 10.2 Å². The number of unbranched alkanes of at least 4 members (excludes halogenated alkanes) is 44. The molecule has 0 aliphatic heterocycles. The Hall–Kier alpha value is -0.760. The van der Waals surface area contributed by atoms with Crippen LogP contribution in [0.1, 0.15) is 328 Å². The Morgan fingerprint density at radius 3 is 1.10 bits per heavy atom. The van der Waals surface area contributed by atoms with Crippen molar-refractivity contribution in [1.29, 1.82) is 0 Å². The maximum atomic E-state index is 13.0. The fourth-order valence-electron chi connectivity index (χ4n) is 9.80. The van der Waals surface area contributed by atoms with Crippen molar-refractivity contribution in [2.75, 3.05) is 40.9 Å². The highest BCUT2D eigenvalue weighted by atomic mass is 31.2. The largest absolute Gasteiger partial charge is 0.756 e. The van der Waals surface area contributed by atoms with E-state index in [1.165, 1.54) is 263 Å². The van der Waals surface area contributed by atoms with Crippen molar-refractivity contribution in [1.82, 2.24) is 5.32 Å². The number of hydrogen-bond donors (Lipinski definition) is 2. The monoisotopic (exact) mass is 1020 g/mol. The molecule has 3 atom stereocenters. The van der Waals surface area contributed by atoms with Crippen molar-refractivity contribution < 1.29 is 32.9 Å². The number of amides is 1. The molecular weight excluding hydrogens is 900 g/mol. The van der Waals surface area contributed by atoms with Crippen LogP contribution in [0.2, 0.25) is 0 Å². The predicted octanol–water partition coefficient (Wildman–Crippen LogP) is 18.8. The highest BCUT2D eigenvalue weighted by Crippen LogP contribution is 2.38. The van der Waals surface area contributed by atoms with Gasteiger partial charge in [0.05, 0.1) is 39.9 Å². The van der Waals surface area contributed by atoms with Crippen LogP contribution in [-0.4, -0.2) is 68.5 Å². The van der Waals surface area contributed by atoms with E-state index in [1.807, 2.05) is 21.1 Å². The summed E-state index contributed by atoms with van der Waals surface area (Å²) in [5.74, 6) is -0.157. The van der Waals surface area contributed by atoms with E-state index in [1.54, 1.807) is 0 Å². The summed E-state index contributed by atoms with van der Waals surface area (Å²) in [5.41, 5.74) is 0. The van der Waals surface area contributed by atoms with E-state index in [0.717, 1.165) is 38.5 Å². The van der Waals surface area contributed by atoms with Crippen molar-refractivity contribution in [3.8, 4) is 0 Å². The third-order valence-corrected chi connectivity index (χ3v) is 15.7. The number of hydrogen-bond acceptors (Lipinski definition) is 6. The lowest BCUT2D eigenvalue weighted by molar-refractivity contribution is -0.870. The van der Waals surface area contributed by atoms with E-state index >= 15 is 0 Å². The highest BCUT2D eigenvalue weighted by Gasteiger charge is 2.24. The number of nitrogens with one attached hydrogen (secondary N) is 1. The summed E-state index contributed by atoms with van der Waals surface area (Å²) in [4.78, 5) is 25.6. The zero-order chi connectivity index (χ0) is 52.0. The van der Waals surface area contributed by atoms with Crippen LogP contribution in [-0.2, 0) is 18.4 Å². The van der Waals surface area contributed by atoms with Crippen molar-refractivity contribution in [3.05, 3.63) is 12.2 Å². The van der Waals surface area contributed by atoms with E-state index in [9.17, 15) is 19.4 Å². The fraction of sp³-hybridized carbons (Fsp3) is 0.952. The molecule has 0 aromatic rings. The third kappa shape index (κ3) is 56.8. The Balaban J connectivity index is 4.07. The number of carbonyl (C=O) groups excluding carboxylic acids is 1. The molecule has 0 aliphatic carbocycles. The van der Waals surface area contributed by atoms with Crippen LogP contribution in [0.4, 0.5) is 0 Å². The van der Waals surface area contributed by atoms with Crippen LogP contribution in [0, 0.1) is 0 Å². The molecule has 2 N–H and O–H groups in total. The SMILES string of the molecule is CCCCCCCCCC/C=C\CCCCCCCCCCCCCCCCCC(=O)NC(COP(=O)([O-])OCC[N+](C)(C)C)C(O)CCCCCCCCCCCCCCCCCCCCCCCC. The molecule has 0 bridgehead atoms. The smallest absolute Gasteiger partial charge is 0.268 e. The van der Waals surface area contributed by atoms with Gasteiger partial charge < -0.3 is 28.8 Å². The van der Waals surface area contributed by atoms with Crippen molar-refractivity contribution in [3.63, 3.8) is 0 Å². The molecule has 8 nitrogen and oxygen atoms in total. The molecule has 0 saturated heterocycles. The first-order valence-electron chi connectivity index (χ1n) is 31.5. The topological polar surface area (TPSA) is 108 Å². The van der Waals surface area contributed by atoms with E-state index in [2.05, 4.69) is 31.3 Å². The normalized spacial score (nSPS) is 13.8. The minimum Gasteiger partial charge on any atom is -0.756 e. The molecule has 3 unspecified atom stereocenters. The molecule has 0 spiro atoms. The second-order valence-corrected chi connectivity index (χ2v) is 24.5. The molecule has 0 aromatic carbocycles. The fourth-order valence-corrected chi connectivity index (χ4v) is 10.5. The summed E-state index contributed by atoms with van der Waals surface area (Å²) < 4.78 is 23.5. The van der Waals surface area contributed by atoms with Crippen LogP contribution >= 0.6 is 7.82 Å².